The van der Waals surface area contributed by atoms with Crippen molar-refractivity contribution in [3.63, 3.8) is 0 Å². The summed E-state index contributed by atoms with van der Waals surface area (Å²) in [5.74, 6) is -1.03. The van der Waals surface area contributed by atoms with Gasteiger partial charge in [-0.1, -0.05) is 36.4 Å². The predicted octanol–water partition coefficient (Wildman–Crippen LogP) is 4.16. The molecule has 0 aliphatic rings. The van der Waals surface area contributed by atoms with Gasteiger partial charge in [-0.2, -0.15) is 18.3 Å². The van der Waals surface area contributed by atoms with Gasteiger partial charge < -0.3 is 0 Å². The Bertz CT molecular complexity index is 1070. The smallest absolute Gasteiger partial charge is 0.260 e. The fourth-order valence-electron chi connectivity index (χ4n) is 2.63. The minimum absolute atomic E-state index is 0.0325. The zero-order valence-electron chi connectivity index (χ0n) is 14.0. The Morgan fingerprint density at radius 3 is 2.26 bits per heavy atom. The lowest BCUT2D eigenvalue weighted by Crippen LogP contribution is -2.09. The van der Waals surface area contributed by atoms with Gasteiger partial charge in [0.25, 0.3) is 0 Å². The summed E-state index contributed by atoms with van der Waals surface area (Å²) >= 11 is 0. The van der Waals surface area contributed by atoms with Crippen molar-refractivity contribution in [2.75, 3.05) is 6.26 Å². The third-order valence-corrected chi connectivity index (χ3v) is 5.00. The third-order valence-electron chi connectivity index (χ3n) is 3.87. The Labute approximate surface area is 153 Å². The molecule has 27 heavy (non-hydrogen) atoms. The van der Waals surface area contributed by atoms with Crippen LogP contribution in [0.5, 0.6) is 0 Å². The van der Waals surface area contributed by atoms with Gasteiger partial charge in [0.2, 0.25) is 0 Å². The summed E-state index contributed by atoms with van der Waals surface area (Å²) < 4.78 is 77.7. The molecule has 0 N–H and O–H groups in total. The Morgan fingerprint density at radius 2 is 1.70 bits per heavy atom. The molecule has 0 saturated carbocycles. The van der Waals surface area contributed by atoms with Crippen molar-refractivity contribution in [1.82, 2.24) is 9.78 Å². The van der Waals surface area contributed by atoms with Crippen molar-refractivity contribution in [3.05, 3.63) is 71.7 Å². The van der Waals surface area contributed by atoms with Crippen LogP contribution in [0.25, 0.3) is 11.3 Å². The van der Waals surface area contributed by atoms with Crippen LogP contribution in [0.2, 0.25) is 0 Å². The van der Waals surface area contributed by atoms with Gasteiger partial charge in [0.05, 0.1) is 12.2 Å². The fourth-order valence-corrected chi connectivity index (χ4v) is 3.35. The first-order chi connectivity index (χ1) is 12.6. The van der Waals surface area contributed by atoms with E-state index in [0.29, 0.717) is 5.56 Å². The number of sulfone groups is 1. The monoisotopic (exact) mass is 398 g/mol. The predicted molar refractivity (Wildman–Crippen MR) is 91.3 cm³/mol. The Balaban J connectivity index is 2.11. The molecule has 0 saturated heterocycles. The average Bonchev–Trinajstić information content (AvgIpc) is 2.98. The zero-order valence-corrected chi connectivity index (χ0v) is 14.9. The van der Waals surface area contributed by atoms with Crippen molar-refractivity contribution in [1.29, 1.82) is 0 Å². The SMILES string of the molecule is CS(=O)(=O)c1ccc(-c2cc(C(F)(F)F)nn2Cc2ccccc2)cc1F. The van der Waals surface area contributed by atoms with Gasteiger partial charge >= 0.3 is 6.18 Å². The third kappa shape index (κ3) is 4.19. The largest absolute Gasteiger partial charge is 0.435 e. The number of hydrogen-bond donors (Lipinski definition) is 0. The molecule has 0 amide bonds. The normalized spacial score (nSPS) is 12.3. The molecule has 0 aliphatic heterocycles. The van der Waals surface area contributed by atoms with Crippen LogP contribution in [0.15, 0.2) is 59.5 Å². The maximum absolute atomic E-state index is 14.2. The summed E-state index contributed by atoms with van der Waals surface area (Å²) in [5.41, 5.74) is -0.270. The van der Waals surface area contributed by atoms with Crippen LogP contribution in [-0.4, -0.2) is 24.5 Å². The molecule has 142 valence electrons. The minimum Gasteiger partial charge on any atom is -0.260 e. The van der Waals surface area contributed by atoms with Crippen LogP contribution in [0.1, 0.15) is 11.3 Å². The van der Waals surface area contributed by atoms with Crippen molar-refractivity contribution < 1.29 is 26.0 Å². The van der Waals surface area contributed by atoms with Crippen LogP contribution in [0.3, 0.4) is 0 Å². The van der Waals surface area contributed by atoms with Crippen LogP contribution in [0.4, 0.5) is 17.6 Å². The van der Waals surface area contributed by atoms with E-state index < -0.39 is 32.4 Å². The van der Waals surface area contributed by atoms with E-state index >= 15 is 0 Å². The van der Waals surface area contributed by atoms with E-state index in [-0.39, 0.29) is 17.8 Å². The molecule has 0 aliphatic carbocycles. The van der Waals surface area contributed by atoms with E-state index in [9.17, 15) is 26.0 Å². The maximum Gasteiger partial charge on any atom is 0.435 e. The molecule has 3 rings (SSSR count). The first kappa shape index (κ1) is 19.1. The number of alkyl halides is 3. The lowest BCUT2D eigenvalue weighted by atomic mass is 10.1. The highest BCUT2D eigenvalue weighted by Crippen LogP contribution is 2.33. The van der Waals surface area contributed by atoms with E-state index in [2.05, 4.69) is 5.10 Å². The molecule has 0 fully saturated rings. The molecule has 0 bridgehead atoms. The molecule has 4 nitrogen and oxygen atoms in total. The molecule has 0 unspecified atom stereocenters. The average molecular weight is 398 g/mol. The van der Waals surface area contributed by atoms with E-state index in [1.807, 2.05) is 0 Å². The highest BCUT2D eigenvalue weighted by molar-refractivity contribution is 7.90. The molecular weight excluding hydrogens is 384 g/mol. The van der Waals surface area contributed by atoms with Crippen LogP contribution < -0.4 is 0 Å². The van der Waals surface area contributed by atoms with Gasteiger partial charge in [0.15, 0.2) is 15.5 Å². The van der Waals surface area contributed by atoms with Gasteiger partial charge in [-0.25, -0.2) is 12.8 Å². The molecule has 0 atom stereocenters. The van der Waals surface area contributed by atoms with Gasteiger partial charge in [0, 0.05) is 11.8 Å². The second-order valence-corrected chi connectivity index (χ2v) is 7.96. The van der Waals surface area contributed by atoms with Gasteiger partial charge in [-0.05, 0) is 23.8 Å². The number of hydrogen-bond acceptors (Lipinski definition) is 3. The first-order valence-corrected chi connectivity index (χ1v) is 9.64. The summed E-state index contributed by atoms with van der Waals surface area (Å²) in [4.78, 5) is -0.517. The number of halogens is 4. The number of benzene rings is 2. The number of aromatic nitrogens is 2. The van der Waals surface area contributed by atoms with Crippen LogP contribution >= 0.6 is 0 Å². The van der Waals surface area contributed by atoms with Gasteiger partial charge in [-0.3, -0.25) is 4.68 Å². The molecular formula is C18H14F4N2O2S. The highest BCUT2D eigenvalue weighted by Gasteiger charge is 2.35. The molecule has 1 aromatic heterocycles. The molecule has 9 heteroatoms. The standard InChI is InChI=1S/C18H14F4N2O2S/c1-27(25,26)16-8-7-13(9-14(16)19)15-10-17(18(20,21)22)23-24(15)11-12-5-3-2-4-6-12/h2-10H,11H2,1H3. The Morgan fingerprint density at radius 1 is 1.04 bits per heavy atom. The van der Waals surface area contributed by atoms with Crippen LogP contribution in [-0.2, 0) is 22.6 Å². The first-order valence-electron chi connectivity index (χ1n) is 7.74. The maximum atomic E-state index is 14.2. The fraction of sp³-hybridized carbons (Fsp3) is 0.167. The topological polar surface area (TPSA) is 52.0 Å². The Kier molecular flexibility index (Phi) is 4.81. The van der Waals surface area contributed by atoms with Crippen molar-refractivity contribution in [2.45, 2.75) is 17.6 Å². The number of nitrogens with zero attached hydrogens (tertiary/aromatic N) is 2. The summed E-state index contributed by atoms with van der Waals surface area (Å²) in [6.45, 7) is 0.0434. The van der Waals surface area contributed by atoms with E-state index in [1.165, 1.54) is 6.07 Å². The van der Waals surface area contributed by atoms with E-state index in [4.69, 9.17) is 0 Å². The second-order valence-electron chi connectivity index (χ2n) is 5.97. The molecule has 2 aromatic carbocycles. The van der Waals surface area contributed by atoms with Crippen molar-refractivity contribution in [3.8, 4) is 11.3 Å². The summed E-state index contributed by atoms with van der Waals surface area (Å²) in [6.07, 6.45) is -3.81. The number of rotatable bonds is 4. The van der Waals surface area contributed by atoms with Crippen molar-refractivity contribution in [2.24, 2.45) is 0 Å². The lowest BCUT2D eigenvalue weighted by molar-refractivity contribution is -0.141. The summed E-state index contributed by atoms with van der Waals surface area (Å²) in [5, 5.41) is 3.60. The van der Waals surface area contributed by atoms with E-state index in [1.54, 1.807) is 30.3 Å². The molecule has 1 heterocycles. The van der Waals surface area contributed by atoms with Gasteiger partial charge in [0.1, 0.15) is 10.7 Å². The molecule has 0 radical (unpaired) electrons. The second kappa shape index (κ2) is 6.80. The van der Waals surface area contributed by atoms with E-state index in [0.717, 1.165) is 29.1 Å². The lowest BCUT2D eigenvalue weighted by Gasteiger charge is -2.09. The summed E-state index contributed by atoms with van der Waals surface area (Å²) in [7, 11) is -3.79. The van der Waals surface area contributed by atoms with Gasteiger partial charge in [-0.15, -0.1) is 0 Å². The highest BCUT2D eigenvalue weighted by atomic mass is 32.2. The minimum atomic E-state index is -4.66. The molecule has 3 aromatic rings. The Hall–Kier alpha value is -2.68. The zero-order chi connectivity index (χ0) is 19.8. The van der Waals surface area contributed by atoms with Crippen LogP contribution in [0, 0.1) is 5.82 Å². The summed E-state index contributed by atoms with van der Waals surface area (Å²) in [6, 6.07) is 12.7. The quantitative estimate of drug-likeness (QED) is 0.620. The van der Waals surface area contributed by atoms with Crippen molar-refractivity contribution >= 4 is 9.84 Å². The molecule has 0 spiro atoms.